The molecule has 0 atom stereocenters. The van der Waals surface area contributed by atoms with E-state index in [0.29, 0.717) is 0 Å². The molecule has 0 N–H and O–H groups in total. The van der Waals surface area contributed by atoms with Crippen LogP contribution in [0.25, 0.3) is 0 Å². The summed E-state index contributed by atoms with van der Waals surface area (Å²) in [6, 6.07) is -3.78. The first kappa shape index (κ1) is 9.16. The van der Waals surface area contributed by atoms with Gasteiger partial charge >= 0.3 is 6.05 Å². The maximum absolute atomic E-state index is 11.6. The molecule has 0 spiro atoms. The quantitative estimate of drug-likeness (QED) is 0.354. The van der Waals surface area contributed by atoms with E-state index in [2.05, 4.69) is 11.6 Å². The number of halogens is 5. The van der Waals surface area contributed by atoms with Gasteiger partial charge < -0.3 is 0 Å². The Labute approximate surface area is 56.7 Å². The van der Waals surface area contributed by atoms with Gasteiger partial charge in [-0.1, -0.05) is 0 Å². The summed E-state index contributed by atoms with van der Waals surface area (Å²) in [4.78, 5) is 0. The largest absolute Gasteiger partial charge is 0.364 e. The molecule has 0 fully saturated rings. The third kappa shape index (κ3) is 4.65. The highest BCUT2D eigenvalue weighted by Crippen LogP contribution is 2.18. The molecule has 0 rings (SSSR count). The van der Waals surface area contributed by atoms with Crippen molar-refractivity contribution in [3.63, 3.8) is 0 Å². The van der Waals surface area contributed by atoms with Crippen LogP contribution in [0.2, 0.25) is 0 Å². The zero-order valence-corrected chi connectivity index (χ0v) is 5.52. The Balaban J connectivity index is 4.01. The monoisotopic (exact) mass is 183 g/mol. The highest BCUT2D eigenvalue weighted by Gasteiger charge is 2.27. The number of hydrogen-bond donors (Lipinski definition) is 0. The third-order valence-corrected chi connectivity index (χ3v) is 1.09. The fourth-order valence-electron chi connectivity index (χ4n) is 0.125. The topological polar surface area (TPSA) is 12.4 Å². The first-order chi connectivity index (χ1) is 3.98. The van der Waals surface area contributed by atoms with Crippen LogP contribution in [0.3, 0.4) is 0 Å². The molecule has 0 aliphatic carbocycles. The summed E-state index contributed by atoms with van der Waals surface area (Å²) in [5.41, 5.74) is 0. The van der Waals surface area contributed by atoms with Crippen LogP contribution in [0.5, 0.6) is 0 Å². The molecule has 7 heteroatoms. The summed E-state index contributed by atoms with van der Waals surface area (Å²) in [5.74, 6) is -1.20. The van der Waals surface area contributed by atoms with Crippen molar-refractivity contribution >= 4 is 23.1 Å². The lowest BCUT2D eigenvalue weighted by Crippen LogP contribution is -2.13. The standard InChI is InChI=1S/C2H2ClF4NS/c3-1-2(4,5)8-9(6)7/h1H2. The second-order valence-corrected chi connectivity index (χ2v) is 1.93. The maximum atomic E-state index is 11.6. The van der Waals surface area contributed by atoms with Gasteiger partial charge in [-0.25, -0.2) is 0 Å². The predicted molar refractivity (Wildman–Crippen MR) is 27.7 cm³/mol. The van der Waals surface area contributed by atoms with Crippen LogP contribution in [0, 0.1) is 0 Å². The van der Waals surface area contributed by atoms with Gasteiger partial charge in [0, 0.05) is 0 Å². The van der Waals surface area contributed by atoms with Gasteiger partial charge in [0.05, 0.1) is 0 Å². The van der Waals surface area contributed by atoms with Crippen molar-refractivity contribution in [2.45, 2.75) is 6.05 Å². The molecule has 0 aromatic rings. The molecule has 0 unspecified atom stereocenters. The summed E-state index contributed by atoms with van der Waals surface area (Å²) in [6.07, 6.45) is 0. The highest BCUT2D eigenvalue weighted by atomic mass is 35.5. The van der Waals surface area contributed by atoms with Gasteiger partial charge in [0.1, 0.15) is 5.88 Å². The Kier molecular flexibility index (Phi) is 3.42. The number of alkyl halides is 3. The Morgan fingerprint density at radius 1 is 1.44 bits per heavy atom. The van der Waals surface area contributed by atoms with Crippen molar-refractivity contribution in [2.75, 3.05) is 5.88 Å². The third-order valence-electron chi connectivity index (χ3n) is 0.363. The second-order valence-electron chi connectivity index (χ2n) is 1.09. The Morgan fingerprint density at radius 3 is 2.00 bits per heavy atom. The highest BCUT2D eigenvalue weighted by molar-refractivity contribution is 7.76. The summed E-state index contributed by atoms with van der Waals surface area (Å²) in [7, 11) is 0. The first-order valence-corrected chi connectivity index (χ1v) is 3.23. The molecule has 0 aliphatic heterocycles. The zero-order valence-electron chi connectivity index (χ0n) is 3.95. The summed E-state index contributed by atoms with van der Waals surface area (Å²) < 4.78 is 47.1. The van der Waals surface area contributed by atoms with Crippen molar-refractivity contribution in [1.82, 2.24) is 0 Å². The van der Waals surface area contributed by atoms with E-state index in [1.54, 1.807) is 4.36 Å². The minimum absolute atomic E-state index is 1.20. The molecular weight excluding hydrogens is 182 g/mol. The smallest absolute Gasteiger partial charge is 0.179 e. The van der Waals surface area contributed by atoms with Crippen molar-refractivity contribution in [1.29, 1.82) is 0 Å². The fraction of sp³-hybridized carbons (Fsp3) is 1.00. The lowest BCUT2D eigenvalue weighted by molar-refractivity contribution is 0.0382. The van der Waals surface area contributed by atoms with Crippen molar-refractivity contribution in [3.8, 4) is 0 Å². The van der Waals surface area contributed by atoms with Gasteiger partial charge in [0.15, 0.2) is 0 Å². The molecule has 0 aromatic heterocycles. The van der Waals surface area contributed by atoms with Gasteiger partial charge in [-0.2, -0.15) is 8.78 Å². The molecule has 0 aliphatic rings. The molecule has 0 radical (unpaired) electrons. The number of nitrogens with zero attached hydrogens (tertiary/aromatic N) is 1. The normalized spacial score (nSPS) is 12.2. The number of hydrogen-bond acceptors (Lipinski definition) is 1. The van der Waals surface area contributed by atoms with Gasteiger partial charge in [-0.05, 0) is 0 Å². The average Bonchev–Trinajstić information content (AvgIpc) is 1.63. The molecule has 0 amide bonds. The van der Waals surface area contributed by atoms with E-state index < -0.39 is 23.4 Å². The van der Waals surface area contributed by atoms with E-state index in [1.165, 1.54) is 0 Å². The molecule has 9 heavy (non-hydrogen) atoms. The van der Waals surface area contributed by atoms with Crippen LogP contribution in [0.1, 0.15) is 0 Å². The molecule has 56 valence electrons. The van der Waals surface area contributed by atoms with E-state index >= 15 is 0 Å². The Morgan fingerprint density at radius 2 is 1.89 bits per heavy atom. The first-order valence-electron chi connectivity index (χ1n) is 1.71. The minimum atomic E-state index is -3.78. The van der Waals surface area contributed by atoms with E-state index in [9.17, 15) is 16.6 Å². The van der Waals surface area contributed by atoms with Crippen LogP contribution < -0.4 is 0 Å². The Hall–Kier alpha value is 0.160. The Bertz CT molecular complexity index is 122. The minimum Gasteiger partial charge on any atom is -0.179 e. The molecule has 1 nitrogen and oxygen atoms in total. The van der Waals surface area contributed by atoms with Crippen LogP contribution in [-0.2, 0) is 11.5 Å². The van der Waals surface area contributed by atoms with Gasteiger partial charge in [-0.15, -0.1) is 23.7 Å². The van der Waals surface area contributed by atoms with E-state index in [1.807, 2.05) is 0 Å². The molecule has 0 saturated carbocycles. The van der Waals surface area contributed by atoms with Crippen LogP contribution in [-0.4, -0.2) is 11.9 Å². The molecule has 0 bridgehead atoms. The van der Waals surface area contributed by atoms with Crippen LogP contribution >= 0.6 is 11.6 Å². The number of rotatable bonds is 2. The predicted octanol–water partition coefficient (Wildman–Crippen LogP) is 2.39. The van der Waals surface area contributed by atoms with Gasteiger partial charge in [0.25, 0.3) is 11.5 Å². The molecule has 0 aromatic carbocycles. The van der Waals surface area contributed by atoms with Crippen molar-refractivity contribution in [2.24, 2.45) is 4.36 Å². The van der Waals surface area contributed by atoms with Crippen molar-refractivity contribution in [3.05, 3.63) is 0 Å². The average molecular weight is 184 g/mol. The lowest BCUT2D eigenvalue weighted by Gasteiger charge is -2.02. The summed E-state index contributed by atoms with van der Waals surface area (Å²) in [5, 5.41) is 0. The van der Waals surface area contributed by atoms with E-state index in [-0.39, 0.29) is 0 Å². The van der Waals surface area contributed by atoms with Gasteiger partial charge in [0.2, 0.25) is 0 Å². The van der Waals surface area contributed by atoms with Crippen LogP contribution in [0.15, 0.2) is 4.36 Å². The summed E-state index contributed by atoms with van der Waals surface area (Å²) >= 11 is 0.970. The fourth-order valence-corrected chi connectivity index (χ4v) is 0.522. The zero-order chi connectivity index (χ0) is 7.49. The maximum Gasteiger partial charge on any atom is 0.364 e. The molecule has 0 saturated heterocycles. The second kappa shape index (κ2) is 3.36. The van der Waals surface area contributed by atoms with Crippen molar-refractivity contribution < 1.29 is 16.6 Å². The van der Waals surface area contributed by atoms with E-state index in [4.69, 9.17) is 0 Å². The SMILES string of the molecule is FS(F)=NC(F)(F)CCl. The van der Waals surface area contributed by atoms with Crippen LogP contribution in [0.4, 0.5) is 16.6 Å². The van der Waals surface area contributed by atoms with Gasteiger partial charge in [-0.3, -0.25) is 0 Å². The molecular formula is C2H2ClF4NS. The molecule has 0 heterocycles. The lowest BCUT2D eigenvalue weighted by atomic mass is 10.7. The summed E-state index contributed by atoms with van der Waals surface area (Å²) in [6.45, 7) is 0. The van der Waals surface area contributed by atoms with E-state index in [0.717, 1.165) is 0 Å².